The van der Waals surface area contributed by atoms with Gasteiger partial charge in [-0.1, -0.05) is 18.2 Å². The number of nitrogens with one attached hydrogen (secondary N) is 2. The van der Waals surface area contributed by atoms with Gasteiger partial charge in [-0.25, -0.2) is 14.0 Å². The Balaban J connectivity index is 1.57. The quantitative estimate of drug-likeness (QED) is 0.152. The molecule has 2 aliphatic heterocycles. The largest absolute Gasteiger partial charge is 0.541 e. The van der Waals surface area contributed by atoms with Crippen LogP contribution in [0.4, 0.5) is 9.18 Å². The van der Waals surface area contributed by atoms with E-state index in [0.29, 0.717) is 10.5 Å². The number of aromatic carboxylic acids is 1. The summed E-state index contributed by atoms with van der Waals surface area (Å²) >= 11 is 0. The van der Waals surface area contributed by atoms with Crippen LogP contribution < -0.4 is 15.3 Å². The zero-order valence-corrected chi connectivity index (χ0v) is 20.7. The van der Waals surface area contributed by atoms with Crippen LogP contribution >= 0.6 is 0 Å². The predicted molar refractivity (Wildman–Crippen MR) is 132 cm³/mol. The molecule has 2 unspecified atom stereocenters. The number of carbonyl (C=O) groups excluding carboxylic acids is 3. The monoisotopic (exact) mass is 544 g/mol. The summed E-state index contributed by atoms with van der Waals surface area (Å²) in [6.07, 6.45) is -1.79. The molecule has 4 amide bonds. The molecule has 0 radical (unpaired) electrons. The number of carboxylic acids is 1. The van der Waals surface area contributed by atoms with E-state index in [4.69, 9.17) is 4.65 Å². The molecule has 4 rings (SSSR count). The minimum atomic E-state index is -1.79. The first-order valence-electron chi connectivity index (χ1n) is 12.1. The van der Waals surface area contributed by atoms with Crippen molar-refractivity contribution < 1.29 is 48.6 Å². The highest BCUT2D eigenvalue weighted by Crippen LogP contribution is 2.31. The fraction of sp³-hybridized carbons (Fsp3) is 0.333. The number of aromatic hydroxyl groups is 1. The number of piperazine rings is 1. The molecule has 1 fully saturated rings. The molecule has 206 valence electrons. The molecule has 0 aromatic heterocycles. The van der Waals surface area contributed by atoms with Crippen LogP contribution in [0.3, 0.4) is 0 Å². The van der Waals surface area contributed by atoms with E-state index in [-0.39, 0.29) is 42.9 Å². The molecule has 3 atom stereocenters. The number of phenols is 1. The second-order valence-electron chi connectivity index (χ2n) is 9.00. The van der Waals surface area contributed by atoms with Crippen LogP contribution in [0.5, 0.6) is 11.5 Å². The Morgan fingerprint density at radius 2 is 1.95 bits per heavy atom. The number of nitrogens with zero attached hydrogens (tertiary/aromatic N) is 2. The van der Waals surface area contributed by atoms with Crippen LogP contribution in [-0.2, 0) is 16.0 Å². The van der Waals surface area contributed by atoms with Crippen LogP contribution in [0.25, 0.3) is 0 Å². The molecule has 15 heteroatoms. The Morgan fingerprint density at radius 1 is 1.21 bits per heavy atom. The van der Waals surface area contributed by atoms with E-state index in [1.165, 1.54) is 17.0 Å². The highest BCUT2D eigenvalue weighted by Gasteiger charge is 2.41. The summed E-state index contributed by atoms with van der Waals surface area (Å²) in [6.45, 7) is 1.91. The average Bonchev–Trinajstić information content (AvgIpc) is 2.89. The molecule has 39 heavy (non-hydrogen) atoms. The van der Waals surface area contributed by atoms with Gasteiger partial charge in [0, 0.05) is 31.3 Å². The van der Waals surface area contributed by atoms with Gasteiger partial charge in [-0.2, -0.15) is 0 Å². The van der Waals surface area contributed by atoms with Crippen molar-refractivity contribution >= 4 is 30.9 Å². The number of phenolic OH excluding ortho intramolecular Hbond substituents is 1. The number of imide groups is 1. The first-order valence-corrected chi connectivity index (χ1v) is 12.1. The summed E-state index contributed by atoms with van der Waals surface area (Å²) in [6, 6.07) is 4.74. The maximum Gasteiger partial charge on any atom is 0.541 e. The van der Waals surface area contributed by atoms with Crippen molar-refractivity contribution in [3.63, 3.8) is 0 Å². The van der Waals surface area contributed by atoms with Gasteiger partial charge >= 0.3 is 30.9 Å². The molecular weight excluding hydrogens is 518 g/mol. The Kier molecular flexibility index (Phi) is 8.04. The number of amides is 4. The van der Waals surface area contributed by atoms with Gasteiger partial charge in [0.25, 0.3) is 0 Å². The maximum atomic E-state index is 14.8. The summed E-state index contributed by atoms with van der Waals surface area (Å²) < 4.78 is 20.2. The Bertz CT molecular complexity index is 1310. The molecule has 0 bridgehead atoms. The van der Waals surface area contributed by atoms with E-state index in [2.05, 4.69) is 10.6 Å². The standard InChI is InChI=1S/C24H26BFN4O9/c1-2-29-8-9-30(22(34)21(29)33)24(37)28-18(14-7-6-13(31)11-16(14)26)20(32)27-17-10-12-4-3-5-15(23(35)36)19(12)39-25(17)38/h3-7,11,17-18,20,27,31-32,38H,2,8-10H2,1H3,(H,28,37)(H,35,36)/t17-,18?,20?/m0/s1. The van der Waals surface area contributed by atoms with Crippen molar-refractivity contribution in [2.45, 2.75) is 31.6 Å². The molecular formula is C24H26BFN4O9. The summed E-state index contributed by atoms with van der Waals surface area (Å²) in [5.41, 5.74) is -0.0182. The summed E-state index contributed by atoms with van der Waals surface area (Å²) in [4.78, 5) is 51.1. The zero-order valence-electron chi connectivity index (χ0n) is 20.7. The lowest BCUT2D eigenvalue weighted by Crippen LogP contribution is -2.61. The third-order valence-electron chi connectivity index (χ3n) is 6.58. The number of para-hydroxylation sites is 1. The average molecular weight is 544 g/mol. The lowest BCUT2D eigenvalue weighted by Gasteiger charge is -2.35. The maximum absolute atomic E-state index is 14.8. The fourth-order valence-corrected chi connectivity index (χ4v) is 4.53. The SMILES string of the molecule is CCN1CCN(C(=O)NC(c2ccc(O)cc2F)C(O)N[C@H]2Cc3cccc(C(=O)O)c3OB2O)C(=O)C1=O. The molecule has 2 heterocycles. The van der Waals surface area contributed by atoms with E-state index < -0.39 is 60.7 Å². The minimum Gasteiger partial charge on any atom is -0.534 e. The van der Waals surface area contributed by atoms with Crippen LogP contribution in [0, 0.1) is 5.82 Å². The number of likely N-dealkylation sites (N-methyl/N-ethyl adjacent to an activating group) is 1. The molecule has 0 aliphatic carbocycles. The second kappa shape index (κ2) is 11.3. The first-order chi connectivity index (χ1) is 18.5. The Morgan fingerprint density at radius 3 is 2.62 bits per heavy atom. The van der Waals surface area contributed by atoms with Gasteiger partial charge in [-0.05, 0) is 31.0 Å². The normalized spacial score (nSPS) is 18.8. The number of hydrogen-bond acceptors (Lipinski definition) is 9. The number of fused-ring (bicyclic) bond motifs is 1. The molecule has 1 saturated heterocycles. The molecule has 13 nitrogen and oxygen atoms in total. The number of urea groups is 1. The van der Waals surface area contributed by atoms with Gasteiger partial charge in [0.05, 0.1) is 17.5 Å². The van der Waals surface area contributed by atoms with Crippen molar-refractivity contribution in [2.24, 2.45) is 0 Å². The van der Waals surface area contributed by atoms with E-state index >= 15 is 0 Å². The van der Waals surface area contributed by atoms with Crippen molar-refractivity contribution in [3.05, 3.63) is 58.9 Å². The summed E-state index contributed by atoms with van der Waals surface area (Å²) in [5, 5.41) is 45.6. The van der Waals surface area contributed by atoms with Gasteiger partial charge < -0.3 is 35.2 Å². The van der Waals surface area contributed by atoms with Crippen molar-refractivity contribution in [1.82, 2.24) is 20.4 Å². The van der Waals surface area contributed by atoms with Crippen molar-refractivity contribution in [2.75, 3.05) is 19.6 Å². The predicted octanol–water partition coefficient (Wildman–Crippen LogP) is -0.398. The third-order valence-corrected chi connectivity index (χ3v) is 6.58. The number of carbonyl (C=O) groups is 4. The summed E-state index contributed by atoms with van der Waals surface area (Å²) in [5.74, 6) is -5.70. The van der Waals surface area contributed by atoms with Crippen LogP contribution in [-0.4, -0.2) is 92.9 Å². The molecule has 0 saturated carbocycles. The summed E-state index contributed by atoms with van der Waals surface area (Å²) in [7, 11) is -1.63. The van der Waals surface area contributed by atoms with Crippen molar-refractivity contribution in [3.8, 4) is 11.5 Å². The zero-order chi connectivity index (χ0) is 28.4. The van der Waals surface area contributed by atoms with E-state index in [0.717, 1.165) is 18.2 Å². The number of carboxylic acid groups (broad SMARTS) is 1. The lowest BCUT2D eigenvalue weighted by atomic mass is 9.72. The third kappa shape index (κ3) is 5.65. The Labute approximate surface area is 221 Å². The van der Waals surface area contributed by atoms with Gasteiger partial charge in [-0.15, -0.1) is 0 Å². The molecule has 2 aliphatic rings. The molecule has 0 spiro atoms. The molecule has 6 N–H and O–H groups in total. The van der Waals surface area contributed by atoms with Crippen LogP contribution in [0.2, 0.25) is 0 Å². The number of benzene rings is 2. The van der Waals surface area contributed by atoms with Gasteiger partial charge in [0.1, 0.15) is 23.5 Å². The molecule has 2 aromatic rings. The van der Waals surface area contributed by atoms with E-state index in [1.54, 1.807) is 13.0 Å². The minimum absolute atomic E-state index is 0.000623. The topological polar surface area (TPSA) is 189 Å². The van der Waals surface area contributed by atoms with E-state index in [9.17, 15) is 43.9 Å². The highest BCUT2D eigenvalue weighted by molar-refractivity contribution is 6.46. The smallest absolute Gasteiger partial charge is 0.534 e. The number of aliphatic hydroxyl groups excluding tert-OH is 1. The van der Waals surface area contributed by atoms with Gasteiger partial charge in [-0.3, -0.25) is 19.8 Å². The second-order valence-corrected chi connectivity index (χ2v) is 9.00. The highest BCUT2D eigenvalue weighted by atomic mass is 19.1. The van der Waals surface area contributed by atoms with Crippen LogP contribution in [0.1, 0.15) is 34.5 Å². The number of hydrogen-bond donors (Lipinski definition) is 6. The molecule has 2 aromatic carbocycles. The van der Waals surface area contributed by atoms with Crippen LogP contribution in [0.15, 0.2) is 36.4 Å². The Hall–Kier alpha value is -4.21. The van der Waals surface area contributed by atoms with Gasteiger partial charge in [0.2, 0.25) is 0 Å². The lowest BCUT2D eigenvalue weighted by molar-refractivity contribution is -0.153. The number of rotatable bonds is 7. The number of aliphatic hydroxyl groups is 1. The van der Waals surface area contributed by atoms with Crippen molar-refractivity contribution in [1.29, 1.82) is 0 Å². The van der Waals surface area contributed by atoms with Gasteiger partial charge in [0.15, 0.2) is 0 Å². The number of halogens is 1. The first kappa shape index (κ1) is 27.8. The van der Waals surface area contributed by atoms with E-state index in [1.807, 2.05) is 0 Å². The fourth-order valence-electron chi connectivity index (χ4n) is 4.53.